The number of para-hydroxylation sites is 1. The van der Waals surface area contributed by atoms with Crippen LogP contribution in [-0.2, 0) is 0 Å². The van der Waals surface area contributed by atoms with Crippen molar-refractivity contribution in [1.29, 1.82) is 0 Å². The molecule has 7 nitrogen and oxygen atoms in total. The predicted octanol–water partition coefficient (Wildman–Crippen LogP) is 5.41. The Morgan fingerprint density at radius 3 is 2.50 bits per heavy atom. The number of hydrogen-bond acceptors (Lipinski definition) is 6. The van der Waals surface area contributed by atoms with Crippen molar-refractivity contribution < 1.29 is 19.0 Å². The summed E-state index contributed by atoms with van der Waals surface area (Å²) in [6.07, 6.45) is 3.63. The number of esters is 1. The molecule has 0 aliphatic heterocycles. The second-order valence-electron chi connectivity index (χ2n) is 7.22. The summed E-state index contributed by atoms with van der Waals surface area (Å²) in [7, 11) is 1.51. The largest absolute Gasteiger partial charge is 0.494 e. The molecule has 0 saturated carbocycles. The minimum absolute atomic E-state index is 0.308. The predicted molar refractivity (Wildman–Crippen MR) is 138 cm³/mol. The van der Waals surface area contributed by atoms with Gasteiger partial charge in [0.15, 0.2) is 16.6 Å². The molecule has 8 heteroatoms. The summed E-state index contributed by atoms with van der Waals surface area (Å²) in [4.78, 5) is 12.6. The average Bonchev–Trinajstić information content (AvgIpc) is 2.86. The molecule has 2 N–H and O–H groups in total. The summed E-state index contributed by atoms with van der Waals surface area (Å²) in [6, 6.07) is 21.5. The number of thiocarbonyl (C=S) groups is 1. The second-order valence-corrected chi connectivity index (χ2v) is 7.62. The number of unbranched alkanes of at least 4 members (excludes halogenated alkanes) is 1. The minimum atomic E-state index is -0.487. The van der Waals surface area contributed by atoms with E-state index in [1.54, 1.807) is 48.7 Å². The lowest BCUT2D eigenvalue weighted by molar-refractivity contribution is 0.0729. The normalized spacial score (nSPS) is 10.5. The van der Waals surface area contributed by atoms with Crippen LogP contribution in [0, 0.1) is 0 Å². The van der Waals surface area contributed by atoms with E-state index in [-0.39, 0.29) is 0 Å². The van der Waals surface area contributed by atoms with E-state index in [1.165, 1.54) is 7.11 Å². The highest BCUT2D eigenvalue weighted by Gasteiger charge is 2.13. The van der Waals surface area contributed by atoms with Gasteiger partial charge < -0.3 is 19.5 Å². The second kappa shape index (κ2) is 13.0. The Bertz CT molecular complexity index is 1120. The topological polar surface area (TPSA) is 81.2 Å². The van der Waals surface area contributed by atoms with Crippen LogP contribution in [0.5, 0.6) is 17.2 Å². The van der Waals surface area contributed by atoms with Crippen LogP contribution >= 0.6 is 12.2 Å². The van der Waals surface area contributed by atoms with Crippen molar-refractivity contribution in [2.45, 2.75) is 19.8 Å². The average molecular weight is 478 g/mol. The summed E-state index contributed by atoms with van der Waals surface area (Å²) in [5, 5.41) is 7.52. The van der Waals surface area contributed by atoms with Gasteiger partial charge in [0, 0.05) is 5.69 Å². The van der Waals surface area contributed by atoms with E-state index in [2.05, 4.69) is 22.8 Å². The zero-order valence-corrected chi connectivity index (χ0v) is 19.9. The molecule has 0 amide bonds. The van der Waals surface area contributed by atoms with Gasteiger partial charge in [-0.3, -0.25) is 5.43 Å². The molecule has 0 saturated heterocycles. The van der Waals surface area contributed by atoms with E-state index < -0.39 is 5.97 Å². The third-order valence-electron chi connectivity index (χ3n) is 4.66. The number of hydrazone groups is 1. The molecule has 0 atom stereocenters. The Morgan fingerprint density at radius 1 is 1.03 bits per heavy atom. The number of anilines is 1. The highest BCUT2D eigenvalue weighted by atomic mass is 32.1. The van der Waals surface area contributed by atoms with Crippen LogP contribution in [0.4, 0.5) is 5.69 Å². The highest BCUT2D eigenvalue weighted by Crippen LogP contribution is 2.28. The maximum Gasteiger partial charge on any atom is 0.343 e. The molecule has 176 valence electrons. The third kappa shape index (κ3) is 7.60. The summed E-state index contributed by atoms with van der Waals surface area (Å²) in [6.45, 7) is 2.75. The Labute approximate surface area is 204 Å². The van der Waals surface area contributed by atoms with Gasteiger partial charge in [0.1, 0.15) is 5.75 Å². The van der Waals surface area contributed by atoms with Crippen molar-refractivity contribution in [3.8, 4) is 17.2 Å². The molecule has 0 spiro atoms. The van der Waals surface area contributed by atoms with Gasteiger partial charge in [-0.1, -0.05) is 31.5 Å². The lowest BCUT2D eigenvalue weighted by atomic mass is 10.2. The van der Waals surface area contributed by atoms with Gasteiger partial charge in [-0.25, -0.2) is 4.79 Å². The van der Waals surface area contributed by atoms with Crippen LogP contribution in [0.25, 0.3) is 0 Å². The van der Waals surface area contributed by atoms with Crippen molar-refractivity contribution in [2.75, 3.05) is 19.0 Å². The summed E-state index contributed by atoms with van der Waals surface area (Å²) in [5.74, 6) is 0.945. The van der Waals surface area contributed by atoms with Crippen LogP contribution in [0.2, 0.25) is 0 Å². The number of methoxy groups -OCH3 is 1. The van der Waals surface area contributed by atoms with E-state index >= 15 is 0 Å². The lowest BCUT2D eigenvalue weighted by Crippen LogP contribution is -2.23. The highest BCUT2D eigenvalue weighted by molar-refractivity contribution is 7.80. The van der Waals surface area contributed by atoms with Gasteiger partial charge in [0.25, 0.3) is 0 Å². The third-order valence-corrected chi connectivity index (χ3v) is 4.85. The summed E-state index contributed by atoms with van der Waals surface area (Å²) >= 11 is 5.22. The number of ether oxygens (including phenoxy) is 3. The van der Waals surface area contributed by atoms with Gasteiger partial charge in [0.2, 0.25) is 0 Å². The first-order valence-electron chi connectivity index (χ1n) is 10.9. The molecule has 0 aliphatic carbocycles. The quantitative estimate of drug-likeness (QED) is 0.101. The maximum atomic E-state index is 12.6. The summed E-state index contributed by atoms with van der Waals surface area (Å²) in [5.41, 5.74) is 4.77. The van der Waals surface area contributed by atoms with Crippen molar-refractivity contribution in [3.05, 3.63) is 83.9 Å². The fourth-order valence-electron chi connectivity index (χ4n) is 2.88. The standard InChI is InChI=1S/C26H27N3O4S/c1-3-4-16-32-22-13-11-20(12-14-22)25(30)33-23-15-10-19(17-24(23)31-2)18-27-29-26(34)28-21-8-6-5-7-9-21/h5-15,17-18H,3-4,16H2,1-2H3,(H2,28,29,34)/b27-18-. The number of carbonyl (C=O) groups excluding carboxylic acids is 1. The molecular formula is C26H27N3O4S. The Morgan fingerprint density at radius 2 is 1.79 bits per heavy atom. The molecule has 0 heterocycles. The van der Waals surface area contributed by atoms with Crippen molar-refractivity contribution in [2.24, 2.45) is 5.10 Å². The summed E-state index contributed by atoms with van der Waals surface area (Å²) < 4.78 is 16.5. The smallest absolute Gasteiger partial charge is 0.343 e. The molecule has 0 aromatic heterocycles. The number of rotatable bonds is 10. The van der Waals surface area contributed by atoms with Crippen LogP contribution < -0.4 is 25.0 Å². The Balaban J connectivity index is 1.57. The van der Waals surface area contributed by atoms with E-state index in [1.807, 2.05) is 30.3 Å². The fraction of sp³-hybridized carbons (Fsp3) is 0.192. The van der Waals surface area contributed by atoms with E-state index in [0.29, 0.717) is 28.8 Å². The van der Waals surface area contributed by atoms with Crippen LogP contribution in [0.3, 0.4) is 0 Å². The maximum absolute atomic E-state index is 12.6. The monoisotopic (exact) mass is 477 g/mol. The van der Waals surface area contributed by atoms with Gasteiger partial charge >= 0.3 is 5.97 Å². The van der Waals surface area contributed by atoms with Crippen molar-refractivity contribution >= 4 is 35.2 Å². The fourth-order valence-corrected chi connectivity index (χ4v) is 3.05. The van der Waals surface area contributed by atoms with Gasteiger partial charge in [-0.05, 0) is 78.8 Å². The molecule has 0 aliphatic rings. The van der Waals surface area contributed by atoms with Crippen LogP contribution in [0.15, 0.2) is 77.9 Å². The molecule has 0 bridgehead atoms. The number of hydrogen-bond donors (Lipinski definition) is 2. The zero-order chi connectivity index (χ0) is 24.2. The van der Waals surface area contributed by atoms with Gasteiger partial charge in [-0.2, -0.15) is 5.10 Å². The molecular weight excluding hydrogens is 450 g/mol. The molecule has 0 radical (unpaired) electrons. The van der Waals surface area contributed by atoms with Crippen LogP contribution in [-0.4, -0.2) is 31.0 Å². The molecule has 0 unspecified atom stereocenters. The minimum Gasteiger partial charge on any atom is -0.494 e. The van der Waals surface area contributed by atoms with Gasteiger partial charge in [0.05, 0.1) is 25.5 Å². The number of nitrogens with zero attached hydrogens (tertiary/aromatic N) is 1. The Hall–Kier alpha value is -3.91. The first-order chi connectivity index (χ1) is 16.6. The first-order valence-corrected chi connectivity index (χ1v) is 11.3. The van der Waals surface area contributed by atoms with E-state index in [4.69, 9.17) is 26.4 Å². The van der Waals surface area contributed by atoms with Gasteiger partial charge in [-0.15, -0.1) is 0 Å². The van der Waals surface area contributed by atoms with E-state index in [0.717, 1.165) is 29.8 Å². The van der Waals surface area contributed by atoms with Crippen LogP contribution in [0.1, 0.15) is 35.7 Å². The molecule has 3 aromatic carbocycles. The van der Waals surface area contributed by atoms with Crippen molar-refractivity contribution in [1.82, 2.24) is 5.43 Å². The molecule has 3 aromatic rings. The SMILES string of the molecule is CCCCOc1ccc(C(=O)Oc2ccc(/C=N\NC(=S)Nc3ccccc3)cc2OC)cc1. The molecule has 3 rings (SSSR count). The number of carbonyl (C=O) groups is 1. The molecule has 0 fully saturated rings. The lowest BCUT2D eigenvalue weighted by Gasteiger charge is -2.11. The zero-order valence-electron chi connectivity index (χ0n) is 19.1. The molecule has 34 heavy (non-hydrogen) atoms. The van der Waals surface area contributed by atoms with E-state index in [9.17, 15) is 4.79 Å². The first kappa shape index (κ1) is 24.7. The number of benzene rings is 3. The van der Waals surface area contributed by atoms with Crippen molar-refractivity contribution in [3.63, 3.8) is 0 Å². The Kier molecular flexibility index (Phi) is 9.42. The number of nitrogens with one attached hydrogen (secondary N) is 2.